The van der Waals surface area contributed by atoms with Crippen LogP contribution in [-0.2, 0) is 0 Å². The second kappa shape index (κ2) is 7.59. The first-order chi connectivity index (χ1) is 14.6. The molecule has 1 fully saturated rings. The van der Waals surface area contributed by atoms with Crippen molar-refractivity contribution in [2.75, 3.05) is 44.2 Å². The Balaban J connectivity index is 1.47. The van der Waals surface area contributed by atoms with Crippen LogP contribution < -0.4 is 10.5 Å². The number of benzene rings is 1. The number of pyridine rings is 1. The number of hydrogen-bond donors (Lipinski definition) is 1. The van der Waals surface area contributed by atoms with Crippen molar-refractivity contribution in [3.8, 4) is 11.3 Å². The molecule has 5 rings (SSSR count). The number of nitrogens with zero attached hydrogens (tertiary/aromatic N) is 4. The number of anilines is 1. The van der Waals surface area contributed by atoms with Crippen LogP contribution in [0.1, 0.15) is 5.56 Å². The third-order valence-electron chi connectivity index (χ3n) is 5.83. The fourth-order valence-electron chi connectivity index (χ4n) is 4.13. The maximum absolute atomic E-state index is 12.7. The van der Waals surface area contributed by atoms with E-state index in [0.717, 1.165) is 48.5 Å². The van der Waals surface area contributed by atoms with Gasteiger partial charge in [0.25, 0.3) is 0 Å². The number of aliphatic hydroxyl groups excluding tert-OH is 1. The number of piperazine rings is 1. The Hall–Kier alpha value is -3.16. The van der Waals surface area contributed by atoms with E-state index in [4.69, 9.17) is 9.52 Å². The van der Waals surface area contributed by atoms with E-state index < -0.39 is 0 Å². The fourth-order valence-corrected chi connectivity index (χ4v) is 4.13. The number of aromatic nitrogens is 2. The molecule has 0 aliphatic carbocycles. The molecule has 0 atom stereocenters. The van der Waals surface area contributed by atoms with Crippen LogP contribution in [0.3, 0.4) is 0 Å². The Morgan fingerprint density at radius 1 is 1.13 bits per heavy atom. The summed E-state index contributed by atoms with van der Waals surface area (Å²) in [5.41, 5.74) is 4.22. The van der Waals surface area contributed by atoms with Crippen LogP contribution in [0, 0.1) is 6.92 Å². The van der Waals surface area contributed by atoms with Crippen LogP contribution in [0.2, 0.25) is 0 Å². The molecule has 1 aliphatic rings. The molecule has 1 N–H and O–H groups in total. The molecule has 7 heteroatoms. The highest BCUT2D eigenvalue weighted by molar-refractivity contribution is 5.84. The normalized spacial score (nSPS) is 15.3. The van der Waals surface area contributed by atoms with Crippen molar-refractivity contribution >= 4 is 22.3 Å². The van der Waals surface area contributed by atoms with E-state index in [9.17, 15) is 4.79 Å². The predicted molar refractivity (Wildman–Crippen MR) is 117 cm³/mol. The zero-order valence-electron chi connectivity index (χ0n) is 16.9. The number of fused-ring (bicyclic) bond motifs is 2. The van der Waals surface area contributed by atoms with Gasteiger partial charge in [0, 0.05) is 62.3 Å². The molecule has 154 valence electrons. The average Bonchev–Trinajstić information content (AvgIpc) is 3.19. The molecule has 4 heterocycles. The van der Waals surface area contributed by atoms with Gasteiger partial charge >= 0.3 is 5.63 Å². The van der Waals surface area contributed by atoms with Crippen molar-refractivity contribution < 1.29 is 9.52 Å². The van der Waals surface area contributed by atoms with Gasteiger partial charge in [-0.3, -0.25) is 4.90 Å². The number of β-amino-alcohol motifs (C(OH)–C–C–N with tert-alkyl or cyclic N) is 1. The summed E-state index contributed by atoms with van der Waals surface area (Å²) in [5, 5.41) is 9.98. The number of aryl methyl sites for hydroxylation is 1. The smallest absolute Gasteiger partial charge is 0.345 e. The molecule has 7 nitrogen and oxygen atoms in total. The van der Waals surface area contributed by atoms with Crippen molar-refractivity contribution in [1.29, 1.82) is 0 Å². The van der Waals surface area contributed by atoms with Crippen molar-refractivity contribution in [1.82, 2.24) is 14.3 Å². The molecular formula is C23H24N4O3. The summed E-state index contributed by atoms with van der Waals surface area (Å²) in [7, 11) is 0. The molecule has 0 saturated carbocycles. The fraction of sp³-hybridized carbons (Fsp3) is 0.304. The minimum absolute atomic E-state index is 0.190. The van der Waals surface area contributed by atoms with Crippen LogP contribution >= 0.6 is 0 Å². The quantitative estimate of drug-likeness (QED) is 0.527. The monoisotopic (exact) mass is 404 g/mol. The lowest BCUT2D eigenvalue weighted by molar-refractivity contribution is 0.189. The molecule has 1 aliphatic heterocycles. The third-order valence-corrected chi connectivity index (χ3v) is 5.83. The lowest BCUT2D eigenvalue weighted by Gasteiger charge is -2.35. The van der Waals surface area contributed by atoms with Gasteiger partial charge in [-0.15, -0.1) is 0 Å². The van der Waals surface area contributed by atoms with Crippen LogP contribution in [0.15, 0.2) is 58.0 Å². The molecule has 0 amide bonds. The second-order valence-electron chi connectivity index (χ2n) is 7.77. The largest absolute Gasteiger partial charge is 0.422 e. The summed E-state index contributed by atoms with van der Waals surface area (Å²) in [6.45, 7) is 6.49. The molecule has 4 aromatic rings. The standard InChI is InChI=1S/C23H24N4O3/c1-16-3-2-6-27-15-20(24-22(16)27)19-13-17-4-5-18(14-21(17)30-23(19)29)26-9-7-25(8-10-26)11-12-28/h2-6,13-15,28H,7-12H2,1H3. The lowest BCUT2D eigenvalue weighted by Crippen LogP contribution is -2.47. The van der Waals surface area contributed by atoms with E-state index in [1.165, 1.54) is 0 Å². The van der Waals surface area contributed by atoms with E-state index in [1.54, 1.807) is 0 Å². The highest BCUT2D eigenvalue weighted by atomic mass is 16.4. The van der Waals surface area contributed by atoms with E-state index in [0.29, 0.717) is 23.4 Å². The third kappa shape index (κ3) is 3.36. The molecule has 30 heavy (non-hydrogen) atoms. The number of aliphatic hydroxyl groups is 1. The summed E-state index contributed by atoms with van der Waals surface area (Å²) in [6.07, 6.45) is 3.79. The Morgan fingerprint density at radius 3 is 2.73 bits per heavy atom. The molecule has 0 radical (unpaired) electrons. The molecule has 0 unspecified atom stereocenters. The molecule has 3 aromatic heterocycles. The maximum Gasteiger partial charge on any atom is 0.345 e. The first-order valence-electron chi connectivity index (χ1n) is 10.2. The van der Waals surface area contributed by atoms with Crippen LogP contribution in [-0.4, -0.2) is 58.7 Å². The van der Waals surface area contributed by atoms with Gasteiger partial charge in [0.2, 0.25) is 0 Å². The van der Waals surface area contributed by atoms with Gasteiger partial charge in [0.1, 0.15) is 11.2 Å². The van der Waals surface area contributed by atoms with Crippen LogP contribution in [0.25, 0.3) is 27.9 Å². The SMILES string of the molecule is Cc1cccn2cc(-c3cc4ccc(N5CCN(CCO)CC5)cc4oc3=O)nc12. The highest BCUT2D eigenvalue weighted by Crippen LogP contribution is 2.26. The summed E-state index contributed by atoms with van der Waals surface area (Å²) in [5.74, 6) is 0. The van der Waals surface area contributed by atoms with Gasteiger partial charge in [-0.2, -0.15) is 0 Å². The summed E-state index contributed by atoms with van der Waals surface area (Å²) < 4.78 is 7.61. The van der Waals surface area contributed by atoms with Gasteiger partial charge in [-0.05, 0) is 36.8 Å². The van der Waals surface area contributed by atoms with Gasteiger partial charge in [-0.1, -0.05) is 6.07 Å². The Kier molecular flexibility index (Phi) is 4.77. The first-order valence-corrected chi connectivity index (χ1v) is 10.2. The minimum Gasteiger partial charge on any atom is -0.422 e. The highest BCUT2D eigenvalue weighted by Gasteiger charge is 2.18. The Bertz CT molecular complexity index is 1270. The zero-order chi connectivity index (χ0) is 20.7. The summed E-state index contributed by atoms with van der Waals surface area (Å²) in [6, 6.07) is 11.8. The van der Waals surface area contributed by atoms with Gasteiger partial charge < -0.3 is 18.8 Å². The van der Waals surface area contributed by atoms with Crippen molar-refractivity contribution in [3.05, 3.63) is 64.8 Å². The lowest BCUT2D eigenvalue weighted by atomic mass is 10.1. The van der Waals surface area contributed by atoms with Crippen LogP contribution in [0.5, 0.6) is 0 Å². The molecular weight excluding hydrogens is 380 g/mol. The minimum atomic E-state index is -0.381. The van der Waals surface area contributed by atoms with E-state index in [2.05, 4.69) is 20.9 Å². The second-order valence-corrected chi connectivity index (χ2v) is 7.77. The Labute approximate surface area is 173 Å². The molecule has 1 saturated heterocycles. The summed E-state index contributed by atoms with van der Waals surface area (Å²) in [4.78, 5) is 21.9. The first kappa shape index (κ1) is 18.8. The topological polar surface area (TPSA) is 74.2 Å². The number of rotatable bonds is 4. The number of imidazole rings is 1. The number of hydrogen-bond acceptors (Lipinski definition) is 6. The van der Waals surface area contributed by atoms with Gasteiger partial charge in [0.15, 0.2) is 0 Å². The van der Waals surface area contributed by atoms with Crippen molar-refractivity contribution in [2.45, 2.75) is 6.92 Å². The van der Waals surface area contributed by atoms with E-state index >= 15 is 0 Å². The Morgan fingerprint density at radius 2 is 1.97 bits per heavy atom. The molecule has 0 spiro atoms. The van der Waals surface area contributed by atoms with Crippen molar-refractivity contribution in [3.63, 3.8) is 0 Å². The average molecular weight is 404 g/mol. The van der Waals surface area contributed by atoms with Crippen LogP contribution in [0.4, 0.5) is 5.69 Å². The van der Waals surface area contributed by atoms with E-state index in [1.807, 2.05) is 54.0 Å². The van der Waals surface area contributed by atoms with Crippen molar-refractivity contribution in [2.24, 2.45) is 0 Å². The predicted octanol–water partition coefficient (Wildman–Crippen LogP) is 2.53. The van der Waals surface area contributed by atoms with Gasteiger partial charge in [-0.25, -0.2) is 9.78 Å². The maximum atomic E-state index is 12.7. The molecule has 1 aromatic carbocycles. The van der Waals surface area contributed by atoms with E-state index in [-0.39, 0.29) is 12.2 Å². The zero-order valence-corrected chi connectivity index (χ0v) is 16.9. The molecule has 0 bridgehead atoms. The van der Waals surface area contributed by atoms with Gasteiger partial charge in [0.05, 0.1) is 17.9 Å². The summed E-state index contributed by atoms with van der Waals surface area (Å²) >= 11 is 0.